The Morgan fingerprint density at radius 1 is 0.810 bits per heavy atom. The molecule has 4 rings (SSSR count). The van der Waals surface area contributed by atoms with Gasteiger partial charge >= 0.3 is 0 Å². The Bertz CT molecular complexity index is 1640. The first-order chi connectivity index (χ1) is 20.2. The number of benzene rings is 4. The van der Waals surface area contributed by atoms with Gasteiger partial charge in [0.25, 0.3) is 11.8 Å². The van der Waals surface area contributed by atoms with Gasteiger partial charge in [-0.15, -0.1) is 11.8 Å². The number of primary amides is 1. The van der Waals surface area contributed by atoms with Crippen molar-refractivity contribution in [2.75, 3.05) is 16.4 Å². The van der Waals surface area contributed by atoms with Crippen LogP contribution in [0, 0.1) is 5.82 Å². The van der Waals surface area contributed by atoms with Gasteiger partial charge in [0, 0.05) is 26.3 Å². The van der Waals surface area contributed by atoms with Gasteiger partial charge in [0.05, 0.1) is 11.3 Å². The molecule has 4 aromatic rings. The second kappa shape index (κ2) is 14.2. The molecule has 0 saturated heterocycles. The number of hydrogen-bond donors (Lipinski definition) is 4. The van der Waals surface area contributed by atoms with Gasteiger partial charge in [0.15, 0.2) is 0 Å². The van der Waals surface area contributed by atoms with Crippen LogP contribution in [0.5, 0.6) is 0 Å². The summed E-state index contributed by atoms with van der Waals surface area (Å²) in [5.74, 6) is -2.73. The van der Waals surface area contributed by atoms with Gasteiger partial charge in [-0.25, -0.2) is 4.39 Å². The molecule has 42 heavy (non-hydrogen) atoms. The van der Waals surface area contributed by atoms with E-state index in [1.807, 2.05) is 0 Å². The molecule has 0 heterocycles. The number of halogens is 2. The minimum absolute atomic E-state index is 0.0791. The SMILES string of the molecule is NC(=O)c1ccc(NC(=O)CSc2ccc(NC(=O)C(=Cc3ccc(Br)cc3)NC(=O)c3ccccc3F)cc2)cc1. The van der Waals surface area contributed by atoms with Crippen LogP contribution in [-0.2, 0) is 9.59 Å². The number of carbonyl (C=O) groups excluding carboxylic acids is 4. The third-order valence-corrected chi connectivity index (χ3v) is 7.27. The fourth-order valence-corrected chi connectivity index (χ4v) is 4.58. The number of thioether (sulfide) groups is 1. The zero-order valence-corrected chi connectivity index (χ0v) is 24.3. The molecule has 0 radical (unpaired) electrons. The standard InChI is InChI=1S/C31H24BrFN4O4S/c32-21-9-5-19(6-10-21)17-27(37-30(40)25-3-1-2-4-26(25)33)31(41)36-23-13-15-24(16-14-23)42-18-28(38)35-22-11-7-20(8-12-22)29(34)39/h1-17H,18H2,(H2,34,39)(H,35,38)(H,36,41)(H,37,40). The summed E-state index contributed by atoms with van der Waals surface area (Å²) in [7, 11) is 0. The Hall–Kier alpha value is -4.74. The summed E-state index contributed by atoms with van der Waals surface area (Å²) in [5.41, 5.74) is 6.93. The molecule has 11 heteroatoms. The molecule has 0 aromatic heterocycles. The molecular weight excluding hydrogens is 623 g/mol. The molecule has 0 aliphatic heterocycles. The molecule has 4 aromatic carbocycles. The molecule has 0 spiro atoms. The molecule has 0 unspecified atom stereocenters. The first-order valence-corrected chi connectivity index (χ1v) is 14.2. The van der Waals surface area contributed by atoms with Crippen molar-refractivity contribution in [3.8, 4) is 0 Å². The second-order valence-corrected chi connectivity index (χ2v) is 10.8. The number of nitrogens with two attached hydrogens (primary N) is 1. The highest BCUT2D eigenvalue weighted by atomic mass is 79.9. The first kappa shape index (κ1) is 30.2. The maximum Gasteiger partial charge on any atom is 0.272 e. The van der Waals surface area contributed by atoms with E-state index in [2.05, 4.69) is 31.9 Å². The highest BCUT2D eigenvalue weighted by Crippen LogP contribution is 2.22. The van der Waals surface area contributed by atoms with Gasteiger partial charge in [-0.05, 0) is 84.4 Å². The van der Waals surface area contributed by atoms with Gasteiger partial charge in [-0.2, -0.15) is 0 Å². The van der Waals surface area contributed by atoms with Crippen LogP contribution in [0.15, 0.2) is 112 Å². The Morgan fingerprint density at radius 2 is 1.43 bits per heavy atom. The summed E-state index contributed by atoms with van der Waals surface area (Å²) < 4.78 is 15.0. The third kappa shape index (κ3) is 8.63. The number of amides is 4. The minimum Gasteiger partial charge on any atom is -0.366 e. The molecule has 0 aliphatic carbocycles. The quantitative estimate of drug-likeness (QED) is 0.127. The average molecular weight is 648 g/mol. The largest absolute Gasteiger partial charge is 0.366 e. The van der Waals surface area contributed by atoms with Crippen molar-refractivity contribution in [1.82, 2.24) is 5.32 Å². The summed E-state index contributed by atoms with van der Waals surface area (Å²) in [4.78, 5) is 50.2. The van der Waals surface area contributed by atoms with Crippen molar-refractivity contribution >= 4 is 68.8 Å². The third-order valence-electron chi connectivity index (χ3n) is 5.73. The molecule has 5 N–H and O–H groups in total. The fraction of sp³-hybridized carbons (Fsp3) is 0.0323. The zero-order chi connectivity index (χ0) is 30.1. The number of hydrogen-bond acceptors (Lipinski definition) is 5. The van der Waals surface area contributed by atoms with E-state index in [-0.39, 0.29) is 22.9 Å². The first-order valence-electron chi connectivity index (χ1n) is 12.4. The summed E-state index contributed by atoms with van der Waals surface area (Å²) in [6, 6.07) is 25.6. The molecule has 0 aliphatic rings. The van der Waals surface area contributed by atoms with Crippen LogP contribution < -0.4 is 21.7 Å². The Morgan fingerprint density at radius 3 is 2.07 bits per heavy atom. The lowest BCUT2D eigenvalue weighted by atomic mass is 10.1. The van der Waals surface area contributed by atoms with Crippen molar-refractivity contribution in [1.29, 1.82) is 0 Å². The summed E-state index contributed by atoms with van der Waals surface area (Å²) >= 11 is 4.65. The van der Waals surface area contributed by atoms with E-state index in [9.17, 15) is 23.6 Å². The minimum atomic E-state index is -0.763. The highest BCUT2D eigenvalue weighted by molar-refractivity contribution is 9.10. The van der Waals surface area contributed by atoms with E-state index in [0.717, 1.165) is 9.37 Å². The maximum atomic E-state index is 14.2. The fourth-order valence-electron chi connectivity index (χ4n) is 3.62. The van der Waals surface area contributed by atoms with Crippen LogP contribution in [-0.4, -0.2) is 29.4 Å². The van der Waals surface area contributed by atoms with Crippen LogP contribution >= 0.6 is 27.7 Å². The van der Waals surface area contributed by atoms with Gasteiger partial charge in [0.1, 0.15) is 11.5 Å². The Kier molecular flexibility index (Phi) is 10.2. The molecule has 0 atom stereocenters. The van der Waals surface area contributed by atoms with E-state index >= 15 is 0 Å². The van der Waals surface area contributed by atoms with E-state index < -0.39 is 23.5 Å². The predicted molar refractivity (Wildman–Crippen MR) is 165 cm³/mol. The van der Waals surface area contributed by atoms with E-state index in [1.54, 1.807) is 60.7 Å². The lowest BCUT2D eigenvalue weighted by Gasteiger charge is -2.12. The van der Waals surface area contributed by atoms with Crippen molar-refractivity contribution < 1.29 is 23.6 Å². The van der Waals surface area contributed by atoms with E-state index in [4.69, 9.17) is 5.73 Å². The van der Waals surface area contributed by atoms with Crippen molar-refractivity contribution in [3.63, 3.8) is 0 Å². The smallest absolute Gasteiger partial charge is 0.272 e. The Labute approximate surface area is 253 Å². The van der Waals surface area contributed by atoms with Gasteiger partial charge < -0.3 is 21.7 Å². The number of anilines is 2. The van der Waals surface area contributed by atoms with Gasteiger partial charge in [-0.1, -0.05) is 40.2 Å². The zero-order valence-electron chi connectivity index (χ0n) is 21.9. The lowest BCUT2D eigenvalue weighted by molar-refractivity contribution is -0.114. The van der Waals surface area contributed by atoms with Gasteiger partial charge in [-0.3, -0.25) is 19.2 Å². The average Bonchev–Trinajstić information content (AvgIpc) is 2.98. The number of carbonyl (C=O) groups is 4. The van der Waals surface area contributed by atoms with Crippen LogP contribution in [0.1, 0.15) is 26.3 Å². The molecule has 0 fully saturated rings. The van der Waals surface area contributed by atoms with Crippen molar-refractivity contribution in [3.05, 3.63) is 130 Å². The topological polar surface area (TPSA) is 130 Å². The van der Waals surface area contributed by atoms with Crippen molar-refractivity contribution in [2.45, 2.75) is 4.90 Å². The van der Waals surface area contributed by atoms with Crippen LogP contribution in [0.2, 0.25) is 0 Å². The molecule has 0 bridgehead atoms. The monoisotopic (exact) mass is 646 g/mol. The maximum absolute atomic E-state index is 14.2. The highest BCUT2D eigenvalue weighted by Gasteiger charge is 2.17. The van der Waals surface area contributed by atoms with Crippen molar-refractivity contribution in [2.24, 2.45) is 5.73 Å². The van der Waals surface area contributed by atoms with E-state index in [1.165, 1.54) is 54.2 Å². The summed E-state index contributed by atoms with van der Waals surface area (Å²) in [6.45, 7) is 0. The molecule has 4 amide bonds. The van der Waals surface area contributed by atoms with Crippen LogP contribution in [0.3, 0.4) is 0 Å². The second-order valence-electron chi connectivity index (χ2n) is 8.80. The Balaban J connectivity index is 1.39. The molecule has 8 nitrogen and oxygen atoms in total. The lowest BCUT2D eigenvalue weighted by Crippen LogP contribution is -2.31. The normalized spacial score (nSPS) is 11.0. The van der Waals surface area contributed by atoms with E-state index in [0.29, 0.717) is 22.5 Å². The summed E-state index contributed by atoms with van der Waals surface area (Å²) in [6.07, 6.45) is 1.49. The van der Waals surface area contributed by atoms with Crippen LogP contribution in [0.25, 0.3) is 6.08 Å². The van der Waals surface area contributed by atoms with Gasteiger partial charge in [0.2, 0.25) is 11.8 Å². The molecular formula is C31H24BrFN4O4S. The number of rotatable bonds is 10. The van der Waals surface area contributed by atoms with Crippen LogP contribution in [0.4, 0.5) is 15.8 Å². The molecule has 0 saturated carbocycles. The summed E-state index contributed by atoms with van der Waals surface area (Å²) in [5, 5.41) is 8.00. The predicted octanol–water partition coefficient (Wildman–Crippen LogP) is 5.83. The molecule has 212 valence electrons. The number of nitrogens with one attached hydrogen (secondary N) is 3.